The van der Waals surface area contributed by atoms with Crippen LogP contribution in [0.15, 0.2) is 0 Å². The van der Waals surface area contributed by atoms with Gasteiger partial charge in [0.25, 0.3) is 0 Å². The minimum absolute atomic E-state index is 0.116. The second-order valence-electron chi connectivity index (χ2n) is 5.45. The lowest BCUT2D eigenvalue weighted by Gasteiger charge is -2.21. The Morgan fingerprint density at radius 1 is 1.30 bits per heavy atom. The summed E-state index contributed by atoms with van der Waals surface area (Å²) in [5.74, 6) is -1.11. The molecule has 0 aromatic heterocycles. The molecule has 116 valence electrons. The first-order valence-electron chi connectivity index (χ1n) is 6.96. The maximum Gasteiger partial charge on any atom is 0.314 e. The van der Waals surface area contributed by atoms with Gasteiger partial charge in [0, 0.05) is 13.1 Å². The van der Waals surface area contributed by atoms with Gasteiger partial charge in [-0.05, 0) is 19.8 Å². The van der Waals surface area contributed by atoms with Crippen molar-refractivity contribution in [2.24, 2.45) is 0 Å². The molecule has 0 bridgehead atoms. The number of urea groups is 1. The molecule has 0 aliphatic heterocycles. The number of amides is 2. The number of rotatable bonds is 8. The first-order chi connectivity index (χ1) is 9.39. The van der Waals surface area contributed by atoms with E-state index in [-0.39, 0.29) is 6.54 Å². The molecule has 1 unspecified atom stereocenters. The van der Waals surface area contributed by atoms with Gasteiger partial charge < -0.3 is 25.6 Å². The molecule has 7 nitrogen and oxygen atoms in total. The summed E-state index contributed by atoms with van der Waals surface area (Å²) in [6.45, 7) is 2.10. The van der Waals surface area contributed by atoms with E-state index < -0.39 is 24.0 Å². The van der Waals surface area contributed by atoms with E-state index in [0.29, 0.717) is 19.3 Å². The minimum Gasteiger partial charge on any atom is -0.481 e. The number of hydrogen-bond acceptors (Lipinski definition) is 4. The van der Waals surface area contributed by atoms with E-state index in [4.69, 9.17) is 9.84 Å². The zero-order chi connectivity index (χ0) is 15.0. The van der Waals surface area contributed by atoms with Crippen molar-refractivity contribution in [1.29, 1.82) is 0 Å². The van der Waals surface area contributed by atoms with E-state index in [2.05, 4.69) is 10.6 Å². The normalized spacial score (nSPS) is 18.5. The first kappa shape index (κ1) is 16.7. The van der Waals surface area contributed by atoms with Crippen LogP contribution in [0.25, 0.3) is 0 Å². The van der Waals surface area contributed by atoms with Crippen molar-refractivity contribution in [3.8, 4) is 0 Å². The lowest BCUT2D eigenvalue weighted by atomic mass is 10.0. The summed E-state index contributed by atoms with van der Waals surface area (Å²) in [5.41, 5.74) is -1.45. The predicted octanol–water partition coefficient (Wildman–Crippen LogP) is 0.470. The van der Waals surface area contributed by atoms with Gasteiger partial charge in [-0.1, -0.05) is 12.8 Å². The number of ether oxygens (including phenoxy) is 1. The highest BCUT2D eigenvalue weighted by Gasteiger charge is 2.24. The van der Waals surface area contributed by atoms with Gasteiger partial charge in [-0.25, -0.2) is 4.79 Å². The van der Waals surface area contributed by atoms with Gasteiger partial charge in [0.1, 0.15) is 0 Å². The number of hydrogen-bond donors (Lipinski definition) is 4. The fourth-order valence-electron chi connectivity index (χ4n) is 2.17. The molecule has 1 fully saturated rings. The van der Waals surface area contributed by atoms with E-state index in [1.165, 1.54) is 19.8 Å². The molecular formula is C13H24N2O5. The molecule has 1 aliphatic carbocycles. The molecule has 4 N–H and O–H groups in total. The number of carboxylic acids is 1. The van der Waals surface area contributed by atoms with Crippen molar-refractivity contribution in [1.82, 2.24) is 10.6 Å². The second kappa shape index (κ2) is 8.06. The van der Waals surface area contributed by atoms with Gasteiger partial charge in [-0.15, -0.1) is 0 Å². The summed E-state index contributed by atoms with van der Waals surface area (Å²) in [6, 6.07) is -0.439. The minimum atomic E-state index is -1.45. The van der Waals surface area contributed by atoms with Crippen molar-refractivity contribution in [3.05, 3.63) is 0 Å². The number of carbonyl (C=O) groups excluding carboxylic acids is 1. The molecule has 0 aromatic rings. The van der Waals surface area contributed by atoms with Crippen LogP contribution in [0.1, 0.15) is 39.0 Å². The van der Waals surface area contributed by atoms with Gasteiger partial charge in [0.15, 0.2) is 0 Å². The first-order valence-corrected chi connectivity index (χ1v) is 6.96. The summed E-state index contributed by atoms with van der Waals surface area (Å²) in [4.78, 5) is 21.9. The number of aliphatic hydroxyl groups is 1. The Hall–Kier alpha value is -1.34. The van der Waals surface area contributed by atoms with Crippen molar-refractivity contribution < 1.29 is 24.5 Å². The van der Waals surface area contributed by atoms with E-state index >= 15 is 0 Å². The SMILES string of the molecule is CC(O)(CNC(=O)NCCOC1CCCC1)CC(=O)O. The molecule has 1 aliphatic rings. The maximum atomic E-state index is 11.4. The summed E-state index contributed by atoms with van der Waals surface area (Å²) >= 11 is 0. The number of carboxylic acid groups (broad SMARTS) is 1. The van der Waals surface area contributed by atoms with Crippen LogP contribution in [0.2, 0.25) is 0 Å². The third kappa shape index (κ3) is 7.30. The quantitative estimate of drug-likeness (QED) is 0.486. The highest BCUT2D eigenvalue weighted by atomic mass is 16.5. The Labute approximate surface area is 118 Å². The molecule has 2 amide bonds. The standard InChI is InChI=1S/C13H24N2O5/c1-13(19,8-11(16)17)9-15-12(18)14-6-7-20-10-4-2-3-5-10/h10,19H,2-9H2,1H3,(H,16,17)(H2,14,15,18). The molecule has 0 spiro atoms. The average Bonchev–Trinajstić information content (AvgIpc) is 2.84. The molecule has 0 aromatic carbocycles. The van der Waals surface area contributed by atoms with Gasteiger partial charge in [0.05, 0.1) is 24.7 Å². The van der Waals surface area contributed by atoms with E-state index in [0.717, 1.165) is 12.8 Å². The summed E-state index contributed by atoms with van der Waals surface area (Å²) in [6.07, 6.45) is 4.48. The van der Waals surface area contributed by atoms with Gasteiger partial charge >= 0.3 is 12.0 Å². The highest BCUT2D eigenvalue weighted by Crippen LogP contribution is 2.20. The molecule has 0 saturated heterocycles. The molecule has 0 radical (unpaired) electrons. The lowest BCUT2D eigenvalue weighted by Crippen LogP contribution is -2.46. The van der Waals surface area contributed by atoms with Crippen LogP contribution in [0.3, 0.4) is 0 Å². The summed E-state index contributed by atoms with van der Waals surface area (Å²) in [7, 11) is 0. The fourth-order valence-corrected chi connectivity index (χ4v) is 2.17. The molecular weight excluding hydrogens is 264 g/mol. The smallest absolute Gasteiger partial charge is 0.314 e. The molecule has 0 heterocycles. The van der Waals surface area contributed by atoms with Crippen molar-refractivity contribution >= 4 is 12.0 Å². The van der Waals surface area contributed by atoms with Crippen LogP contribution in [0.4, 0.5) is 4.79 Å². The van der Waals surface area contributed by atoms with Crippen LogP contribution in [0, 0.1) is 0 Å². The Morgan fingerprint density at radius 3 is 2.55 bits per heavy atom. The molecule has 1 atom stereocenters. The lowest BCUT2D eigenvalue weighted by molar-refractivity contribution is -0.141. The Kier molecular flexibility index (Phi) is 6.74. The Bertz CT molecular complexity index is 327. The van der Waals surface area contributed by atoms with Crippen LogP contribution < -0.4 is 10.6 Å². The van der Waals surface area contributed by atoms with Crippen LogP contribution in [-0.4, -0.2) is 53.6 Å². The highest BCUT2D eigenvalue weighted by molar-refractivity contribution is 5.74. The number of carbonyl (C=O) groups is 2. The van der Waals surface area contributed by atoms with Crippen molar-refractivity contribution in [3.63, 3.8) is 0 Å². The molecule has 1 rings (SSSR count). The van der Waals surface area contributed by atoms with E-state index in [1.807, 2.05) is 0 Å². The third-order valence-corrected chi connectivity index (χ3v) is 3.21. The topological polar surface area (TPSA) is 108 Å². The Morgan fingerprint density at radius 2 is 1.95 bits per heavy atom. The van der Waals surface area contributed by atoms with Crippen molar-refractivity contribution in [2.45, 2.75) is 50.7 Å². The van der Waals surface area contributed by atoms with Gasteiger partial charge in [-0.2, -0.15) is 0 Å². The number of nitrogens with one attached hydrogen (secondary N) is 2. The maximum absolute atomic E-state index is 11.4. The zero-order valence-corrected chi connectivity index (χ0v) is 11.9. The monoisotopic (exact) mass is 288 g/mol. The zero-order valence-electron chi connectivity index (χ0n) is 11.9. The average molecular weight is 288 g/mol. The van der Waals surface area contributed by atoms with Crippen LogP contribution >= 0.6 is 0 Å². The molecule has 20 heavy (non-hydrogen) atoms. The number of aliphatic carboxylic acids is 1. The van der Waals surface area contributed by atoms with Gasteiger partial charge in [0.2, 0.25) is 0 Å². The van der Waals surface area contributed by atoms with Crippen molar-refractivity contribution in [2.75, 3.05) is 19.7 Å². The summed E-state index contributed by atoms with van der Waals surface area (Å²) < 4.78 is 5.58. The van der Waals surface area contributed by atoms with E-state index in [1.54, 1.807) is 0 Å². The van der Waals surface area contributed by atoms with E-state index in [9.17, 15) is 14.7 Å². The molecule has 7 heteroatoms. The van der Waals surface area contributed by atoms with Crippen LogP contribution in [-0.2, 0) is 9.53 Å². The van der Waals surface area contributed by atoms with Gasteiger partial charge in [-0.3, -0.25) is 4.79 Å². The summed E-state index contributed by atoms with van der Waals surface area (Å²) in [5, 5.41) is 23.3. The predicted molar refractivity (Wildman–Crippen MR) is 72.5 cm³/mol. The largest absolute Gasteiger partial charge is 0.481 e. The molecule has 1 saturated carbocycles. The fraction of sp³-hybridized carbons (Fsp3) is 0.846. The van der Waals surface area contributed by atoms with Crippen LogP contribution in [0.5, 0.6) is 0 Å². The Balaban J connectivity index is 2.06. The second-order valence-corrected chi connectivity index (χ2v) is 5.45. The third-order valence-electron chi connectivity index (χ3n) is 3.21.